The molecule has 1 fully saturated rings. The van der Waals surface area contributed by atoms with E-state index in [0.717, 1.165) is 12.5 Å². The molecule has 1 saturated heterocycles. The number of likely N-dealkylation sites (tertiary alicyclic amines) is 1. The van der Waals surface area contributed by atoms with Gasteiger partial charge in [0.2, 0.25) is 0 Å². The lowest BCUT2D eigenvalue weighted by atomic mass is 9.87. The average molecular weight is 325 g/mol. The minimum absolute atomic E-state index is 0.432. The SMILES string of the molecule is CCC1CCN(C(C)c2ccccc2Br)C(CN)C1. The number of halogens is 1. The average Bonchev–Trinajstić information content (AvgIpc) is 2.46. The second-order valence-corrected chi connectivity index (χ2v) is 6.48. The zero-order valence-electron chi connectivity index (χ0n) is 12.0. The zero-order valence-corrected chi connectivity index (χ0v) is 13.6. The zero-order chi connectivity index (χ0) is 13.8. The summed E-state index contributed by atoms with van der Waals surface area (Å²) < 4.78 is 1.20. The smallest absolute Gasteiger partial charge is 0.0334 e. The fourth-order valence-electron chi connectivity index (χ4n) is 3.26. The van der Waals surface area contributed by atoms with Gasteiger partial charge in [-0.3, -0.25) is 4.90 Å². The van der Waals surface area contributed by atoms with Crippen molar-refractivity contribution in [3.8, 4) is 0 Å². The van der Waals surface area contributed by atoms with Crippen LogP contribution < -0.4 is 5.73 Å². The molecule has 0 bridgehead atoms. The summed E-state index contributed by atoms with van der Waals surface area (Å²) in [6.45, 7) is 6.54. The molecule has 0 amide bonds. The van der Waals surface area contributed by atoms with Gasteiger partial charge in [0.1, 0.15) is 0 Å². The molecule has 3 unspecified atom stereocenters. The van der Waals surface area contributed by atoms with Crippen LogP contribution in [-0.2, 0) is 0 Å². The molecule has 2 N–H and O–H groups in total. The third-order valence-corrected chi connectivity index (χ3v) is 5.29. The van der Waals surface area contributed by atoms with Gasteiger partial charge in [-0.15, -0.1) is 0 Å². The molecule has 3 atom stereocenters. The molecule has 0 spiro atoms. The first-order valence-corrected chi connectivity index (χ1v) is 8.16. The number of hydrogen-bond donors (Lipinski definition) is 1. The molecule has 0 aliphatic carbocycles. The predicted octanol–water partition coefficient (Wildman–Crippen LogP) is 3.96. The fourth-order valence-corrected chi connectivity index (χ4v) is 3.87. The van der Waals surface area contributed by atoms with E-state index >= 15 is 0 Å². The molecule has 2 nitrogen and oxygen atoms in total. The first-order chi connectivity index (χ1) is 9.17. The van der Waals surface area contributed by atoms with E-state index in [2.05, 4.69) is 58.9 Å². The molecule has 0 radical (unpaired) electrons. The van der Waals surface area contributed by atoms with Crippen LogP contribution >= 0.6 is 15.9 Å². The molecule has 3 heteroatoms. The van der Waals surface area contributed by atoms with Gasteiger partial charge >= 0.3 is 0 Å². The van der Waals surface area contributed by atoms with E-state index in [1.165, 1.54) is 35.8 Å². The Hall–Kier alpha value is -0.380. The van der Waals surface area contributed by atoms with Crippen LogP contribution in [0.25, 0.3) is 0 Å². The van der Waals surface area contributed by atoms with Gasteiger partial charge in [-0.05, 0) is 43.9 Å². The molecular formula is C16H25BrN2. The molecule has 1 aromatic rings. The van der Waals surface area contributed by atoms with E-state index in [0.29, 0.717) is 12.1 Å². The summed E-state index contributed by atoms with van der Waals surface area (Å²) in [6.07, 6.45) is 3.84. The maximum absolute atomic E-state index is 6.01. The Bertz CT molecular complexity index is 407. The minimum atomic E-state index is 0.432. The molecule has 19 heavy (non-hydrogen) atoms. The van der Waals surface area contributed by atoms with Crippen LogP contribution in [-0.4, -0.2) is 24.0 Å². The number of nitrogens with zero attached hydrogens (tertiary/aromatic N) is 1. The molecule has 1 aliphatic heterocycles. The monoisotopic (exact) mass is 324 g/mol. The van der Waals surface area contributed by atoms with E-state index < -0.39 is 0 Å². The van der Waals surface area contributed by atoms with Crippen LogP contribution in [0.15, 0.2) is 28.7 Å². The van der Waals surface area contributed by atoms with E-state index in [-0.39, 0.29) is 0 Å². The van der Waals surface area contributed by atoms with Gasteiger partial charge in [0, 0.05) is 23.1 Å². The third kappa shape index (κ3) is 3.39. The highest BCUT2D eigenvalue weighted by Crippen LogP contribution is 2.34. The van der Waals surface area contributed by atoms with E-state index in [1.807, 2.05) is 0 Å². The number of piperidine rings is 1. The van der Waals surface area contributed by atoms with Crippen LogP contribution in [0, 0.1) is 5.92 Å². The topological polar surface area (TPSA) is 29.3 Å². The molecule has 0 aromatic heterocycles. The van der Waals surface area contributed by atoms with Crippen molar-refractivity contribution in [2.45, 2.75) is 45.2 Å². The second kappa shape index (κ2) is 6.87. The second-order valence-electron chi connectivity index (χ2n) is 5.62. The fraction of sp³-hybridized carbons (Fsp3) is 0.625. The molecule has 0 saturated carbocycles. The van der Waals surface area contributed by atoms with Crippen molar-refractivity contribution in [3.05, 3.63) is 34.3 Å². The summed E-state index contributed by atoms with van der Waals surface area (Å²) in [5.74, 6) is 0.858. The molecule has 1 aliphatic rings. The van der Waals surface area contributed by atoms with Crippen LogP contribution in [0.1, 0.15) is 44.7 Å². The van der Waals surface area contributed by atoms with Gasteiger partial charge in [-0.25, -0.2) is 0 Å². The van der Waals surface area contributed by atoms with Crippen molar-refractivity contribution in [2.24, 2.45) is 11.7 Å². The molecule has 1 aromatic carbocycles. The number of nitrogens with two attached hydrogens (primary N) is 1. The Kier molecular flexibility index (Phi) is 5.43. The minimum Gasteiger partial charge on any atom is -0.329 e. The van der Waals surface area contributed by atoms with Gasteiger partial charge < -0.3 is 5.73 Å². The van der Waals surface area contributed by atoms with Crippen molar-refractivity contribution < 1.29 is 0 Å². The summed E-state index contributed by atoms with van der Waals surface area (Å²) in [7, 11) is 0. The van der Waals surface area contributed by atoms with Crippen molar-refractivity contribution in [1.29, 1.82) is 0 Å². The van der Waals surface area contributed by atoms with E-state index in [9.17, 15) is 0 Å². The van der Waals surface area contributed by atoms with Crippen LogP contribution in [0.4, 0.5) is 0 Å². The number of rotatable bonds is 4. The normalized spacial score (nSPS) is 26.3. The Morgan fingerprint density at radius 1 is 1.42 bits per heavy atom. The largest absolute Gasteiger partial charge is 0.329 e. The van der Waals surface area contributed by atoms with Gasteiger partial charge in [0.25, 0.3) is 0 Å². The lowest BCUT2D eigenvalue weighted by Gasteiger charge is -2.42. The Labute approximate surface area is 125 Å². The highest BCUT2D eigenvalue weighted by molar-refractivity contribution is 9.10. The third-order valence-electron chi connectivity index (χ3n) is 4.57. The molecule has 2 rings (SSSR count). The van der Waals surface area contributed by atoms with Gasteiger partial charge in [-0.2, -0.15) is 0 Å². The van der Waals surface area contributed by atoms with Crippen LogP contribution in [0.2, 0.25) is 0 Å². The Morgan fingerprint density at radius 2 is 2.16 bits per heavy atom. The summed E-state index contributed by atoms with van der Waals surface area (Å²) in [4.78, 5) is 2.59. The van der Waals surface area contributed by atoms with Crippen molar-refractivity contribution >= 4 is 15.9 Å². The highest BCUT2D eigenvalue weighted by atomic mass is 79.9. The number of benzene rings is 1. The summed E-state index contributed by atoms with van der Waals surface area (Å²) >= 11 is 3.67. The van der Waals surface area contributed by atoms with Crippen LogP contribution in [0.3, 0.4) is 0 Å². The van der Waals surface area contributed by atoms with Crippen molar-refractivity contribution in [3.63, 3.8) is 0 Å². The van der Waals surface area contributed by atoms with E-state index in [4.69, 9.17) is 5.73 Å². The maximum Gasteiger partial charge on any atom is 0.0334 e. The predicted molar refractivity (Wildman–Crippen MR) is 85.1 cm³/mol. The first kappa shape index (κ1) is 15.0. The summed E-state index contributed by atoms with van der Waals surface area (Å²) in [5, 5.41) is 0. The highest BCUT2D eigenvalue weighted by Gasteiger charge is 2.30. The van der Waals surface area contributed by atoms with Crippen molar-refractivity contribution in [2.75, 3.05) is 13.1 Å². The molecule has 106 valence electrons. The van der Waals surface area contributed by atoms with Gasteiger partial charge in [-0.1, -0.05) is 47.5 Å². The lowest BCUT2D eigenvalue weighted by Crippen LogP contribution is -2.47. The summed E-state index contributed by atoms with van der Waals surface area (Å²) in [6, 6.07) is 9.50. The van der Waals surface area contributed by atoms with Crippen molar-refractivity contribution in [1.82, 2.24) is 4.90 Å². The maximum atomic E-state index is 6.01. The number of hydrogen-bond acceptors (Lipinski definition) is 2. The van der Waals surface area contributed by atoms with Gasteiger partial charge in [0.05, 0.1) is 0 Å². The van der Waals surface area contributed by atoms with Gasteiger partial charge in [0.15, 0.2) is 0 Å². The van der Waals surface area contributed by atoms with Crippen LogP contribution in [0.5, 0.6) is 0 Å². The Morgan fingerprint density at radius 3 is 2.79 bits per heavy atom. The standard InChI is InChI=1S/C16H25BrN2/c1-3-13-8-9-19(14(10-13)11-18)12(2)15-6-4-5-7-16(15)17/h4-7,12-14H,3,8-11,18H2,1-2H3. The summed E-state index contributed by atoms with van der Waals surface area (Å²) in [5.41, 5.74) is 7.38. The molecular weight excluding hydrogens is 300 g/mol. The lowest BCUT2D eigenvalue weighted by molar-refractivity contribution is 0.0770. The quantitative estimate of drug-likeness (QED) is 0.908. The molecule has 1 heterocycles. The van der Waals surface area contributed by atoms with E-state index in [1.54, 1.807) is 0 Å². The Balaban J connectivity index is 2.14. The first-order valence-electron chi connectivity index (χ1n) is 7.37.